The third-order valence-corrected chi connectivity index (χ3v) is 5.30. The highest BCUT2D eigenvalue weighted by molar-refractivity contribution is 5.94. The number of likely N-dealkylation sites (tertiary alicyclic amines) is 1. The Balaban J connectivity index is 1.30. The molecule has 2 aromatic rings. The van der Waals surface area contributed by atoms with Crippen LogP contribution in [0.4, 0.5) is 11.4 Å². The van der Waals surface area contributed by atoms with E-state index in [0.29, 0.717) is 11.4 Å². The zero-order valence-corrected chi connectivity index (χ0v) is 16.5. The highest BCUT2D eigenvalue weighted by Crippen LogP contribution is 2.30. The van der Waals surface area contributed by atoms with Crippen molar-refractivity contribution in [3.63, 3.8) is 0 Å². The number of ether oxygens (including phenoxy) is 1. The van der Waals surface area contributed by atoms with Gasteiger partial charge in [-0.05, 0) is 62.5 Å². The topological polar surface area (TPSA) is 70.7 Å². The Morgan fingerprint density at radius 1 is 1.00 bits per heavy atom. The van der Waals surface area contributed by atoms with Gasteiger partial charge in [-0.1, -0.05) is 24.3 Å². The lowest BCUT2D eigenvalue weighted by Crippen LogP contribution is -2.23. The van der Waals surface area contributed by atoms with Crippen molar-refractivity contribution < 1.29 is 14.3 Å². The van der Waals surface area contributed by atoms with E-state index in [2.05, 4.69) is 21.6 Å². The van der Waals surface area contributed by atoms with Gasteiger partial charge >= 0.3 is 0 Å². The first-order chi connectivity index (χ1) is 14.2. The number of nitrogens with zero attached hydrogens (tertiary/aromatic N) is 1. The normalized spacial score (nSPS) is 16.4. The average molecular weight is 393 g/mol. The fourth-order valence-corrected chi connectivity index (χ4v) is 3.55. The summed E-state index contributed by atoms with van der Waals surface area (Å²) in [6, 6.07) is 15.1. The summed E-state index contributed by atoms with van der Waals surface area (Å²) in [5.41, 5.74) is 2.64. The first-order valence-electron chi connectivity index (χ1n) is 10.3. The van der Waals surface area contributed by atoms with Gasteiger partial charge in [0.15, 0.2) is 6.61 Å². The molecule has 0 bridgehead atoms. The van der Waals surface area contributed by atoms with Gasteiger partial charge in [0.25, 0.3) is 5.91 Å². The van der Waals surface area contributed by atoms with Gasteiger partial charge in [-0.3, -0.25) is 14.5 Å². The third kappa shape index (κ3) is 5.57. The Morgan fingerprint density at radius 3 is 2.59 bits per heavy atom. The fraction of sp³-hybridized carbons (Fsp3) is 0.391. The van der Waals surface area contributed by atoms with Crippen LogP contribution in [0.25, 0.3) is 0 Å². The van der Waals surface area contributed by atoms with Gasteiger partial charge in [0, 0.05) is 29.9 Å². The van der Waals surface area contributed by atoms with Crippen LogP contribution in [0, 0.1) is 5.92 Å². The van der Waals surface area contributed by atoms with E-state index in [0.717, 1.165) is 43.7 Å². The van der Waals surface area contributed by atoms with Crippen molar-refractivity contribution in [2.45, 2.75) is 32.2 Å². The van der Waals surface area contributed by atoms with Crippen molar-refractivity contribution in [3.05, 3.63) is 54.1 Å². The molecule has 0 atom stereocenters. The molecule has 6 heteroatoms. The van der Waals surface area contributed by atoms with E-state index in [1.54, 1.807) is 18.2 Å². The summed E-state index contributed by atoms with van der Waals surface area (Å²) < 4.78 is 5.64. The van der Waals surface area contributed by atoms with Crippen LogP contribution in [0.5, 0.6) is 5.75 Å². The number of amides is 2. The summed E-state index contributed by atoms with van der Waals surface area (Å²) >= 11 is 0. The van der Waals surface area contributed by atoms with Crippen molar-refractivity contribution in [1.82, 2.24) is 4.90 Å². The van der Waals surface area contributed by atoms with E-state index in [1.807, 2.05) is 24.3 Å². The second kappa shape index (κ2) is 9.09. The molecular formula is C23H27N3O3. The van der Waals surface area contributed by atoms with Crippen LogP contribution < -0.4 is 15.4 Å². The molecule has 2 amide bonds. The van der Waals surface area contributed by atoms with Gasteiger partial charge in [-0.2, -0.15) is 0 Å². The van der Waals surface area contributed by atoms with Crippen LogP contribution in [0.2, 0.25) is 0 Å². The van der Waals surface area contributed by atoms with E-state index >= 15 is 0 Å². The maximum Gasteiger partial charge on any atom is 0.262 e. The molecule has 0 aromatic heterocycles. The molecule has 0 spiro atoms. The van der Waals surface area contributed by atoms with Crippen LogP contribution in [-0.4, -0.2) is 36.4 Å². The van der Waals surface area contributed by atoms with Crippen molar-refractivity contribution in [1.29, 1.82) is 0 Å². The molecule has 0 radical (unpaired) electrons. The van der Waals surface area contributed by atoms with E-state index < -0.39 is 0 Å². The lowest BCUT2D eigenvalue weighted by atomic mass is 10.1. The Labute approximate surface area is 171 Å². The van der Waals surface area contributed by atoms with Crippen molar-refractivity contribution in [2.75, 3.05) is 30.3 Å². The van der Waals surface area contributed by atoms with E-state index in [-0.39, 0.29) is 24.3 Å². The van der Waals surface area contributed by atoms with Gasteiger partial charge in [0.2, 0.25) is 5.91 Å². The molecule has 2 fully saturated rings. The van der Waals surface area contributed by atoms with Crippen LogP contribution in [-0.2, 0) is 16.1 Å². The first kappa shape index (κ1) is 19.5. The molecule has 2 aromatic carbocycles. The number of benzene rings is 2. The zero-order valence-electron chi connectivity index (χ0n) is 16.5. The van der Waals surface area contributed by atoms with E-state index in [1.165, 1.54) is 12.8 Å². The summed E-state index contributed by atoms with van der Waals surface area (Å²) in [7, 11) is 0. The van der Waals surface area contributed by atoms with Gasteiger partial charge in [0.1, 0.15) is 5.75 Å². The van der Waals surface area contributed by atoms with Crippen LogP contribution >= 0.6 is 0 Å². The Bertz CT molecular complexity index is 873. The minimum absolute atomic E-state index is 0.0505. The molecule has 29 heavy (non-hydrogen) atoms. The second-order valence-corrected chi connectivity index (χ2v) is 7.77. The molecule has 1 aliphatic carbocycles. The van der Waals surface area contributed by atoms with Gasteiger partial charge in [-0.25, -0.2) is 0 Å². The van der Waals surface area contributed by atoms with Crippen molar-refractivity contribution >= 4 is 23.2 Å². The summed E-state index contributed by atoms with van der Waals surface area (Å²) in [6.07, 6.45) is 4.40. The maximum absolute atomic E-state index is 12.4. The Kier molecular flexibility index (Phi) is 6.10. The lowest BCUT2D eigenvalue weighted by Gasteiger charge is -2.18. The molecule has 0 unspecified atom stereocenters. The maximum atomic E-state index is 12.4. The van der Waals surface area contributed by atoms with Crippen molar-refractivity contribution in [2.24, 2.45) is 5.92 Å². The molecule has 1 heterocycles. The monoisotopic (exact) mass is 393 g/mol. The number of hydrogen-bond acceptors (Lipinski definition) is 4. The number of hydrogen-bond donors (Lipinski definition) is 2. The van der Waals surface area contributed by atoms with Crippen LogP contribution in [0.15, 0.2) is 48.5 Å². The quantitative estimate of drug-likeness (QED) is 0.718. The second-order valence-electron chi connectivity index (χ2n) is 7.77. The molecule has 4 rings (SSSR count). The fourth-order valence-electron chi connectivity index (χ4n) is 3.55. The molecule has 2 aliphatic rings. The number of anilines is 2. The largest absolute Gasteiger partial charge is 0.484 e. The number of rotatable bonds is 8. The number of nitrogens with one attached hydrogen (secondary N) is 2. The minimum atomic E-state index is -0.203. The smallest absolute Gasteiger partial charge is 0.262 e. The summed E-state index contributed by atoms with van der Waals surface area (Å²) in [4.78, 5) is 26.7. The Morgan fingerprint density at radius 2 is 1.79 bits per heavy atom. The van der Waals surface area contributed by atoms with Crippen molar-refractivity contribution in [3.8, 4) is 5.75 Å². The highest BCUT2D eigenvalue weighted by Gasteiger charge is 2.29. The molecule has 6 nitrogen and oxygen atoms in total. The number of carbonyl (C=O) groups excluding carboxylic acids is 2. The molecule has 152 valence electrons. The van der Waals surface area contributed by atoms with E-state index in [4.69, 9.17) is 4.74 Å². The number of para-hydroxylation sites is 1. The van der Waals surface area contributed by atoms with Gasteiger partial charge in [-0.15, -0.1) is 0 Å². The average Bonchev–Trinajstić information content (AvgIpc) is 3.46. The SMILES string of the molecule is O=C(COc1cccc(NC(=O)C2CC2)c1)Nc1ccccc1CN1CCCC1. The predicted octanol–water partition coefficient (Wildman–Crippen LogP) is 3.65. The van der Waals surface area contributed by atoms with E-state index in [9.17, 15) is 9.59 Å². The molecular weight excluding hydrogens is 366 g/mol. The minimum Gasteiger partial charge on any atom is -0.484 e. The van der Waals surface area contributed by atoms with Crippen LogP contribution in [0.1, 0.15) is 31.2 Å². The lowest BCUT2D eigenvalue weighted by molar-refractivity contribution is -0.118. The summed E-state index contributed by atoms with van der Waals surface area (Å²) in [6.45, 7) is 2.98. The standard InChI is InChI=1S/C23H27N3O3/c27-22(25-21-9-2-1-6-18(21)15-26-12-3-4-13-26)16-29-20-8-5-7-19(14-20)24-23(28)17-10-11-17/h1-2,5-9,14,17H,3-4,10-13,15-16H2,(H,24,28)(H,25,27). The predicted molar refractivity (Wildman–Crippen MR) is 113 cm³/mol. The third-order valence-electron chi connectivity index (χ3n) is 5.30. The van der Waals surface area contributed by atoms with Gasteiger partial charge < -0.3 is 15.4 Å². The zero-order chi connectivity index (χ0) is 20.1. The molecule has 1 saturated heterocycles. The number of carbonyl (C=O) groups is 2. The first-order valence-corrected chi connectivity index (χ1v) is 10.3. The van der Waals surface area contributed by atoms with Crippen LogP contribution in [0.3, 0.4) is 0 Å². The summed E-state index contributed by atoms with van der Waals surface area (Å²) in [5, 5.41) is 5.85. The summed E-state index contributed by atoms with van der Waals surface area (Å²) in [5.74, 6) is 0.547. The Hall–Kier alpha value is -2.86. The molecule has 1 aliphatic heterocycles. The molecule has 2 N–H and O–H groups in total. The van der Waals surface area contributed by atoms with Gasteiger partial charge in [0.05, 0.1) is 0 Å². The molecule has 1 saturated carbocycles. The highest BCUT2D eigenvalue weighted by atomic mass is 16.5.